The zero-order valence-corrected chi connectivity index (χ0v) is 24.9. The summed E-state index contributed by atoms with van der Waals surface area (Å²) >= 11 is 6.50. The molecule has 218 valence electrons. The molecule has 0 saturated heterocycles. The highest BCUT2D eigenvalue weighted by Gasteiger charge is 2.41. The van der Waals surface area contributed by atoms with Crippen molar-refractivity contribution < 1.29 is 24.2 Å². The van der Waals surface area contributed by atoms with Crippen LogP contribution in [0.5, 0.6) is 11.5 Å². The van der Waals surface area contributed by atoms with E-state index < -0.39 is 17.4 Å². The highest BCUT2D eigenvalue weighted by molar-refractivity contribution is 6.32. The van der Waals surface area contributed by atoms with E-state index in [1.165, 1.54) is 0 Å². The van der Waals surface area contributed by atoms with Crippen LogP contribution in [0, 0.1) is 6.92 Å². The maximum absolute atomic E-state index is 13.6. The molecule has 1 fully saturated rings. The quantitative estimate of drug-likeness (QED) is 0.260. The summed E-state index contributed by atoms with van der Waals surface area (Å²) in [6.07, 6.45) is 4.01. The Morgan fingerprint density at radius 2 is 1.80 bits per heavy atom. The maximum atomic E-state index is 13.6. The number of nitrogens with one attached hydrogen (secondary N) is 1. The van der Waals surface area contributed by atoms with Crippen molar-refractivity contribution in [3.63, 3.8) is 0 Å². The molecule has 1 aliphatic carbocycles. The van der Waals surface area contributed by atoms with Gasteiger partial charge in [-0.1, -0.05) is 61.2 Å². The van der Waals surface area contributed by atoms with Crippen LogP contribution in [-0.4, -0.2) is 66.8 Å². The van der Waals surface area contributed by atoms with Gasteiger partial charge < -0.3 is 24.8 Å². The summed E-state index contributed by atoms with van der Waals surface area (Å²) in [5.41, 5.74) is 2.58. The minimum atomic E-state index is -1.31. The van der Waals surface area contributed by atoms with Crippen molar-refractivity contribution in [3.05, 3.63) is 64.8 Å². The molecule has 1 amide bonds. The van der Waals surface area contributed by atoms with E-state index in [4.69, 9.17) is 26.1 Å². The van der Waals surface area contributed by atoms with Gasteiger partial charge in [-0.05, 0) is 63.5 Å². The zero-order valence-electron chi connectivity index (χ0n) is 24.1. The SMILES string of the molecule is COc1cc(C(=O)NC2(C(=O)O)CCCCC2)nc(-c2ccc(Cl)c(OCCCN(C)C)c2)c1-c1ccccc1C. The van der Waals surface area contributed by atoms with Crippen molar-refractivity contribution in [3.8, 4) is 33.9 Å². The van der Waals surface area contributed by atoms with E-state index in [2.05, 4.69) is 10.2 Å². The summed E-state index contributed by atoms with van der Waals surface area (Å²) < 4.78 is 11.9. The standard InChI is InChI=1S/C32H38ClN3O5/c1-21-11-6-7-12-23(21)28-27(40-4)20-25(30(37)35-32(31(38)39)15-8-5-9-16-32)34-29(28)22-13-14-24(33)26(19-22)41-18-10-17-36(2)3/h6-7,11-14,19-20H,5,8-10,15-18H2,1-4H3,(H,35,37)(H,38,39). The number of carboxylic acid groups (broad SMARTS) is 1. The fourth-order valence-corrected chi connectivity index (χ4v) is 5.45. The molecule has 0 atom stereocenters. The smallest absolute Gasteiger partial charge is 0.329 e. The van der Waals surface area contributed by atoms with Gasteiger partial charge in [0.2, 0.25) is 0 Å². The third kappa shape index (κ3) is 7.00. The monoisotopic (exact) mass is 579 g/mol. The first-order chi connectivity index (χ1) is 19.6. The lowest BCUT2D eigenvalue weighted by Crippen LogP contribution is -2.55. The second-order valence-electron chi connectivity index (χ2n) is 10.8. The molecular formula is C32H38ClN3O5. The number of hydrogen-bond donors (Lipinski definition) is 2. The lowest BCUT2D eigenvalue weighted by atomic mass is 9.81. The Labute approximate surface area is 246 Å². The number of nitrogens with zero attached hydrogens (tertiary/aromatic N) is 2. The molecule has 1 aromatic heterocycles. The molecule has 0 radical (unpaired) electrons. The lowest BCUT2D eigenvalue weighted by molar-refractivity contribution is -0.145. The first-order valence-corrected chi connectivity index (χ1v) is 14.3. The molecule has 2 aromatic carbocycles. The van der Waals surface area contributed by atoms with Crippen molar-refractivity contribution in [1.29, 1.82) is 0 Å². The molecule has 2 N–H and O–H groups in total. The molecule has 41 heavy (non-hydrogen) atoms. The maximum Gasteiger partial charge on any atom is 0.329 e. The number of benzene rings is 2. The molecule has 3 aromatic rings. The van der Waals surface area contributed by atoms with Crippen LogP contribution in [0.2, 0.25) is 5.02 Å². The molecule has 0 bridgehead atoms. The zero-order chi connectivity index (χ0) is 29.6. The van der Waals surface area contributed by atoms with Gasteiger partial charge in [0.05, 0.1) is 30.0 Å². The van der Waals surface area contributed by atoms with Crippen molar-refractivity contribution in [2.75, 3.05) is 34.4 Å². The highest BCUT2D eigenvalue weighted by Crippen LogP contribution is 2.42. The number of carbonyl (C=O) groups excluding carboxylic acids is 1. The van der Waals surface area contributed by atoms with Crippen LogP contribution in [0.15, 0.2) is 48.5 Å². The van der Waals surface area contributed by atoms with Crippen molar-refractivity contribution in [2.24, 2.45) is 0 Å². The molecule has 4 rings (SSSR count). The summed E-state index contributed by atoms with van der Waals surface area (Å²) in [7, 11) is 5.56. The van der Waals surface area contributed by atoms with Crippen LogP contribution in [0.3, 0.4) is 0 Å². The van der Waals surface area contributed by atoms with E-state index in [-0.39, 0.29) is 5.69 Å². The lowest BCUT2D eigenvalue weighted by Gasteiger charge is -2.33. The Kier molecular flexibility index (Phi) is 9.89. The van der Waals surface area contributed by atoms with Crippen molar-refractivity contribution in [2.45, 2.75) is 51.0 Å². The summed E-state index contributed by atoms with van der Waals surface area (Å²) in [5, 5.41) is 13.3. The van der Waals surface area contributed by atoms with Crippen LogP contribution < -0.4 is 14.8 Å². The van der Waals surface area contributed by atoms with Gasteiger partial charge in [0.15, 0.2) is 0 Å². The average Bonchev–Trinajstić information content (AvgIpc) is 2.96. The fraction of sp³-hybridized carbons (Fsp3) is 0.406. The van der Waals surface area contributed by atoms with Gasteiger partial charge >= 0.3 is 5.97 Å². The predicted octanol–water partition coefficient (Wildman–Crippen LogP) is 6.23. The van der Waals surface area contributed by atoms with E-state index >= 15 is 0 Å². The predicted molar refractivity (Wildman–Crippen MR) is 161 cm³/mol. The minimum absolute atomic E-state index is 0.0729. The largest absolute Gasteiger partial charge is 0.496 e. The number of rotatable bonds is 11. The van der Waals surface area contributed by atoms with E-state index in [0.29, 0.717) is 52.8 Å². The number of methoxy groups -OCH3 is 1. The van der Waals surface area contributed by atoms with E-state index in [9.17, 15) is 14.7 Å². The topological polar surface area (TPSA) is 101 Å². The molecule has 0 unspecified atom stereocenters. The number of ether oxygens (including phenoxy) is 2. The number of aliphatic carboxylic acids is 1. The number of aryl methyl sites for hydroxylation is 1. The Hall–Kier alpha value is -3.62. The number of halogens is 1. The molecular weight excluding hydrogens is 542 g/mol. The second kappa shape index (κ2) is 13.4. The van der Waals surface area contributed by atoms with E-state index in [0.717, 1.165) is 43.4 Å². The third-order valence-electron chi connectivity index (χ3n) is 7.53. The van der Waals surface area contributed by atoms with Gasteiger partial charge in [0.25, 0.3) is 5.91 Å². The van der Waals surface area contributed by atoms with Crippen LogP contribution in [0.25, 0.3) is 22.4 Å². The molecule has 8 nitrogen and oxygen atoms in total. The summed E-state index contributed by atoms with van der Waals surface area (Å²) in [6.45, 7) is 3.37. The number of carboxylic acids is 1. The van der Waals surface area contributed by atoms with Crippen LogP contribution in [0.4, 0.5) is 0 Å². The fourth-order valence-electron chi connectivity index (χ4n) is 5.27. The third-order valence-corrected chi connectivity index (χ3v) is 7.84. The average molecular weight is 580 g/mol. The molecule has 1 saturated carbocycles. The first-order valence-electron chi connectivity index (χ1n) is 13.9. The van der Waals surface area contributed by atoms with E-state index in [1.54, 1.807) is 19.2 Å². The first kappa shape index (κ1) is 30.3. The molecule has 0 spiro atoms. The Balaban J connectivity index is 1.81. The van der Waals surface area contributed by atoms with Crippen molar-refractivity contribution in [1.82, 2.24) is 15.2 Å². The highest BCUT2D eigenvalue weighted by atomic mass is 35.5. The van der Waals surface area contributed by atoms with Gasteiger partial charge in [-0.25, -0.2) is 9.78 Å². The van der Waals surface area contributed by atoms with Gasteiger partial charge in [0, 0.05) is 18.2 Å². The normalized spacial score (nSPS) is 14.5. The van der Waals surface area contributed by atoms with Gasteiger partial charge in [-0.3, -0.25) is 4.79 Å². The number of pyridine rings is 1. The van der Waals surface area contributed by atoms with Crippen molar-refractivity contribution >= 4 is 23.5 Å². The Morgan fingerprint density at radius 1 is 1.07 bits per heavy atom. The van der Waals surface area contributed by atoms with Gasteiger partial charge in [0.1, 0.15) is 22.7 Å². The minimum Gasteiger partial charge on any atom is -0.496 e. The van der Waals surface area contributed by atoms with E-state index in [1.807, 2.05) is 57.4 Å². The van der Waals surface area contributed by atoms with Crippen LogP contribution in [-0.2, 0) is 4.79 Å². The van der Waals surface area contributed by atoms with Crippen LogP contribution >= 0.6 is 11.6 Å². The molecule has 1 aliphatic rings. The van der Waals surface area contributed by atoms with Gasteiger partial charge in [-0.15, -0.1) is 0 Å². The Morgan fingerprint density at radius 3 is 2.46 bits per heavy atom. The number of amides is 1. The summed E-state index contributed by atoms with van der Waals surface area (Å²) in [4.78, 5) is 32.8. The summed E-state index contributed by atoms with van der Waals surface area (Å²) in [5.74, 6) is -0.616. The van der Waals surface area contributed by atoms with Gasteiger partial charge in [-0.2, -0.15) is 0 Å². The number of carbonyl (C=O) groups is 2. The summed E-state index contributed by atoms with van der Waals surface area (Å²) in [6, 6.07) is 14.9. The second-order valence-corrected chi connectivity index (χ2v) is 11.2. The number of aromatic nitrogens is 1. The molecule has 9 heteroatoms. The number of hydrogen-bond acceptors (Lipinski definition) is 6. The Bertz CT molecular complexity index is 1400. The van der Waals surface area contributed by atoms with Crippen LogP contribution in [0.1, 0.15) is 54.6 Å². The molecule has 0 aliphatic heterocycles. The molecule has 1 heterocycles.